The van der Waals surface area contributed by atoms with Gasteiger partial charge in [-0.1, -0.05) is 0 Å². The maximum atomic E-state index is 10.8. The maximum Gasteiger partial charge on any atom is 0.302 e. The summed E-state index contributed by atoms with van der Waals surface area (Å²) in [7, 11) is 4.18. The lowest BCUT2D eigenvalue weighted by Crippen LogP contribution is -2.55. The van der Waals surface area contributed by atoms with Gasteiger partial charge in [-0.3, -0.25) is 9.69 Å². The quantitative estimate of drug-likeness (QED) is 0.595. The molecular formula is C10H20N2O2. The zero-order valence-corrected chi connectivity index (χ0v) is 9.49. The van der Waals surface area contributed by atoms with Crippen molar-refractivity contribution in [2.45, 2.75) is 26.0 Å². The van der Waals surface area contributed by atoms with Crippen LogP contribution in [0.15, 0.2) is 0 Å². The van der Waals surface area contributed by atoms with Gasteiger partial charge < -0.3 is 9.64 Å². The Labute approximate surface area is 85.8 Å². The number of likely N-dealkylation sites (N-methyl/N-ethyl adjacent to an activating group) is 2. The molecule has 2 unspecified atom stereocenters. The Balaban J connectivity index is 2.51. The monoisotopic (exact) mass is 200 g/mol. The third-order valence-electron chi connectivity index (χ3n) is 2.79. The van der Waals surface area contributed by atoms with E-state index in [0.717, 1.165) is 19.6 Å². The first-order chi connectivity index (χ1) is 6.50. The van der Waals surface area contributed by atoms with E-state index in [1.807, 2.05) is 6.92 Å². The van der Waals surface area contributed by atoms with E-state index in [0.29, 0.717) is 6.04 Å². The molecule has 0 spiro atoms. The number of carbonyl (C=O) groups is 1. The van der Waals surface area contributed by atoms with Gasteiger partial charge >= 0.3 is 5.97 Å². The van der Waals surface area contributed by atoms with Crippen LogP contribution in [0, 0.1) is 0 Å². The minimum atomic E-state index is -0.195. The van der Waals surface area contributed by atoms with Gasteiger partial charge in [0.1, 0.15) is 6.10 Å². The van der Waals surface area contributed by atoms with Gasteiger partial charge in [-0.2, -0.15) is 0 Å². The maximum absolute atomic E-state index is 10.8. The van der Waals surface area contributed by atoms with Crippen LogP contribution < -0.4 is 0 Å². The summed E-state index contributed by atoms with van der Waals surface area (Å²) in [5.74, 6) is -0.195. The highest BCUT2D eigenvalue weighted by Crippen LogP contribution is 2.12. The molecular weight excluding hydrogens is 180 g/mol. The molecule has 1 rings (SSSR count). The van der Waals surface area contributed by atoms with Crippen LogP contribution in [-0.2, 0) is 9.53 Å². The highest BCUT2D eigenvalue weighted by molar-refractivity contribution is 5.66. The van der Waals surface area contributed by atoms with Crippen LogP contribution >= 0.6 is 0 Å². The first-order valence-corrected chi connectivity index (χ1v) is 5.06. The number of nitrogens with zero attached hydrogens (tertiary/aromatic N) is 2. The number of carbonyl (C=O) groups excluding carboxylic acids is 1. The molecule has 0 amide bonds. The number of piperazine rings is 1. The smallest absolute Gasteiger partial charge is 0.302 e. The zero-order valence-electron chi connectivity index (χ0n) is 9.49. The fraction of sp³-hybridized carbons (Fsp3) is 0.900. The van der Waals surface area contributed by atoms with Crippen molar-refractivity contribution in [2.24, 2.45) is 0 Å². The minimum absolute atomic E-state index is 0.0275. The number of hydrogen-bond acceptors (Lipinski definition) is 4. The average molecular weight is 200 g/mol. The Morgan fingerprint density at radius 1 is 1.43 bits per heavy atom. The molecule has 4 nitrogen and oxygen atoms in total. The summed E-state index contributed by atoms with van der Waals surface area (Å²) in [6, 6.07) is 0.317. The van der Waals surface area contributed by atoms with Crippen molar-refractivity contribution in [2.75, 3.05) is 33.7 Å². The molecule has 1 aliphatic rings. The third kappa shape index (κ3) is 2.96. The van der Waals surface area contributed by atoms with Crippen LogP contribution in [0.4, 0.5) is 0 Å². The van der Waals surface area contributed by atoms with Crippen LogP contribution in [0.3, 0.4) is 0 Å². The summed E-state index contributed by atoms with van der Waals surface area (Å²) < 4.78 is 5.20. The van der Waals surface area contributed by atoms with Gasteiger partial charge in [0.2, 0.25) is 0 Å². The van der Waals surface area contributed by atoms with Gasteiger partial charge in [-0.15, -0.1) is 0 Å². The van der Waals surface area contributed by atoms with Crippen molar-refractivity contribution < 1.29 is 9.53 Å². The lowest BCUT2D eigenvalue weighted by Gasteiger charge is -2.40. The summed E-state index contributed by atoms with van der Waals surface area (Å²) in [6.07, 6.45) is -0.0275. The molecule has 82 valence electrons. The topological polar surface area (TPSA) is 32.8 Å². The second-order valence-electron chi connectivity index (χ2n) is 4.12. The Morgan fingerprint density at radius 2 is 2.07 bits per heavy atom. The standard InChI is InChI=1S/C10H20N2O2/c1-8(14-9(2)13)10-7-11(3)5-6-12(10)4/h8,10H,5-7H2,1-4H3. The molecule has 0 saturated carbocycles. The van der Waals surface area contributed by atoms with Crippen molar-refractivity contribution in [3.8, 4) is 0 Å². The third-order valence-corrected chi connectivity index (χ3v) is 2.79. The van der Waals surface area contributed by atoms with Crippen molar-refractivity contribution in [1.82, 2.24) is 9.80 Å². The van der Waals surface area contributed by atoms with Gasteiger partial charge in [0.05, 0.1) is 6.04 Å². The predicted octanol–water partition coefficient (Wildman–Crippen LogP) is 0.184. The molecule has 1 saturated heterocycles. The van der Waals surface area contributed by atoms with E-state index in [1.165, 1.54) is 6.92 Å². The van der Waals surface area contributed by atoms with Gasteiger partial charge in [-0.25, -0.2) is 0 Å². The van der Waals surface area contributed by atoms with E-state index in [2.05, 4.69) is 23.9 Å². The van der Waals surface area contributed by atoms with Crippen molar-refractivity contribution in [3.63, 3.8) is 0 Å². The lowest BCUT2D eigenvalue weighted by molar-refractivity contribution is -0.149. The summed E-state index contributed by atoms with van der Waals surface area (Å²) in [6.45, 7) is 6.50. The molecule has 0 bridgehead atoms. The molecule has 4 heteroatoms. The highest BCUT2D eigenvalue weighted by atomic mass is 16.5. The van der Waals surface area contributed by atoms with Crippen LogP contribution in [0.2, 0.25) is 0 Å². The van der Waals surface area contributed by atoms with Gasteiger partial charge in [0.25, 0.3) is 0 Å². The Morgan fingerprint density at radius 3 is 2.64 bits per heavy atom. The van der Waals surface area contributed by atoms with Crippen LogP contribution in [-0.4, -0.2) is 61.6 Å². The molecule has 1 fully saturated rings. The molecule has 0 aromatic rings. The van der Waals surface area contributed by atoms with Crippen molar-refractivity contribution in [3.05, 3.63) is 0 Å². The second-order valence-corrected chi connectivity index (χ2v) is 4.12. The van der Waals surface area contributed by atoms with E-state index in [1.54, 1.807) is 0 Å². The average Bonchev–Trinajstić information content (AvgIpc) is 2.08. The van der Waals surface area contributed by atoms with E-state index >= 15 is 0 Å². The van der Waals surface area contributed by atoms with Gasteiger partial charge in [0, 0.05) is 26.6 Å². The van der Waals surface area contributed by atoms with E-state index < -0.39 is 0 Å². The van der Waals surface area contributed by atoms with E-state index in [4.69, 9.17) is 4.74 Å². The fourth-order valence-corrected chi connectivity index (χ4v) is 1.89. The van der Waals surface area contributed by atoms with Crippen LogP contribution in [0.5, 0.6) is 0 Å². The summed E-state index contributed by atoms with van der Waals surface area (Å²) in [5, 5.41) is 0. The van der Waals surface area contributed by atoms with Gasteiger partial charge in [0.15, 0.2) is 0 Å². The minimum Gasteiger partial charge on any atom is -0.461 e. The molecule has 0 aromatic heterocycles. The number of hydrogen-bond donors (Lipinski definition) is 0. The molecule has 0 aliphatic carbocycles. The summed E-state index contributed by atoms with van der Waals surface area (Å²) in [5.41, 5.74) is 0. The van der Waals surface area contributed by atoms with E-state index in [9.17, 15) is 4.79 Å². The summed E-state index contributed by atoms with van der Waals surface area (Å²) in [4.78, 5) is 15.4. The SMILES string of the molecule is CC(=O)OC(C)C1CN(C)CCN1C. The highest BCUT2D eigenvalue weighted by Gasteiger charge is 2.28. The molecule has 0 radical (unpaired) electrons. The summed E-state index contributed by atoms with van der Waals surface area (Å²) >= 11 is 0. The van der Waals surface area contributed by atoms with Crippen molar-refractivity contribution >= 4 is 5.97 Å². The van der Waals surface area contributed by atoms with Crippen LogP contribution in [0.25, 0.3) is 0 Å². The van der Waals surface area contributed by atoms with Crippen LogP contribution in [0.1, 0.15) is 13.8 Å². The zero-order chi connectivity index (χ0) is 10.7. The fourth-order valence-electron chi connectivity index (χ4n) is 1.89. The number of ether oxygens (including phenoxy) is 1. The lowest BCUT2D eigenvalue weighted by atomic mass is 10.1. The Kier molecular flexibility index (Phi) is 3.89. The molecule has 14 heavy (non-hydrogen) atoms. The Bertz CT molecular complexity index is 208. The normalized spacial score (nSPS) is 27.3. The second kappa shape index (κ2) is 4.75. The first-order valence-electron chi connectivity index (χ1n) is 5.06. The largest absolute Gasteiger partial charge is 0.461 e. The molecule has 2 atom stereocenters. The van der Waals surface area contributed by atoms with Gasteiger partial charge in [-0.05, 0) is 21.0 Å². The van der Waals surface area contributed by atoms with E-state index in [-0.39, 0.29) is 12.1 Å². The first kappa shape index (κ1) is 11.5. The molecule has 1 aliphatic heterocycles. The molecule has 0 N–H and O–H groups in total. The Hall–Kier alpha value is -0.610. The number of esters is 1. The molecule has 1 heterocycles. The molecule has 0 aromatic carbocycles. The number of rotatable bonds is 2. The van der Waals surface area contributed by atoms with Crippen molar-refractivity contribution in [1.29, 1.82) is 0 Å². The predicted molar refractivity (Wildman–Crippen MR) is 55.1 cm³/mol.